The number of rotatable bonds is 4. The zero-order chi connectivity index (χ0) is 14.5. The minimum absolute atomic E-state index is 0.178. The molecule has 2 amide bonds. The van der Waals surface area contributed by atoms with Gasteiger partial charge in [-0.25, -0.2) is 4.79 Å². The molecule has 0 fully saturated rings. The molecule has 0 aliphatic heterocycles. The molecule has 1 rings (SSSR count). The van der Waals surface area contributed by atoms with Crippen LogP contribution in [0.15, 0.2) is 24.3 Å². The third-order valence-corrected chi connectivity index (χ3v) is 2.74. The molecule has 0 unspecified atom stereocenters. The van der Waals surface area contributed by atoms with Gasteiger partial charge in [0.1, 0.15) is 0 Å². The fourth-order valence-electron chi connectivity index (χ4n) is 1.85. The van der Waals surface area contributed by atoms with Crippen molar-refractivity contribution in [3.63, 3.8) is 0 Å². The topological polar surface area (TPSA) is 44.4 Å². The molecule has 1 aromatic rings. The van der Waals surface area contributed by atoms with Crippen molar-refractivity contribution in [3.05, 3.63) is 24.3 Å². The van der Waals surface area contributed by atoms with Crippen molar-refractivity contribution in [3.8, 4) is 0 Å². The number of anilines is 2. The Bertz CT molecular complexity index is 402. The van der Waals surface area contributed by atoms with Crippen LogP contribution < -0.4 is 15.5 Å². The van der Waals surface area contributed by atoms with Crippen molar-refractivity contribution in [1.82, 2.24) is 5.32 Å². The van der Waals surface area contributed by atoms with Gasteiger partial charge in [0.05, 0.1) is 0 Å². The predicted molar refractivity (Wildman–Crippen MR) is 81.9 cm³/mol. The van der Waals surface area contributed by atoms with Crippen molar-refractivity contribution in [2.75, 3.05) is 23.3 Å². The van der Waals surface area contributed by atoms with E-state index in [9.17, 15) is 4.79 Å². The van der Waals surface area contributed by atoms with E-state index in [2.05, 4.69) is 29.4 Å². The van der Waals surface area contributed by atoms with Gasteiger partial charge in [-0.15, -0.1) is 0 Å². The van der Waals surface area contributed by atoms with Crippen LogP contribution in [-0.2, 0) is 0 Å². The van der Waals surface area contributed by atoms with Crippen molar-refractivity contribution in [2.45, 2.75) is 40.2 Å². The molecule has 0 saturated heterocycles. The zero-order valence-electron chi connectivity index (χ0n) is 12.6. The third-order valence-electron chi connectivity index (χ3n) is 2.74. The third kappa shape index (κ3) is 5.20. The summed E-state index contributed by atoms with van der Waals surface area (Å²) in [5, 5.41) is 5.70. The van der Waals surface area contributed by atoms with E-state index >= 15 is 0 Å². The van der Waals surface area contributed by atoms with Crippen LogP contribution in [-0.4, -0.2) is 24.7 Å². The highest BCUT2D eigenvalue weighted by Crippen LogP contribution is 2.17. The van der Waals surface area contributed by atoms with Crippen LogP contribution in [0.4, 0.5) is 16.2 Å². The van der Waals surface area contributed by atoms with Crippen molar-refractivity contribution in [1.29, 1.82) is 0 Å². The Morgan fingerprint density at radius 1 is 1.11 bits per heavy atom. The Balaban J connectivity index is 2.64. The summed E-state index contributed by atoms with van der Waals surface area (Å²) < 4.78 is 0. The minimum atomic E-state index is -0.231. The summed E-state index contributed by atoms with van der Waals surface area (Å²) in [6.45, 7) is 12.1. The summed E-state index contributed by atoms with van der Waals surface area (Å²) >= 11 is 0. The van der Waals surface area contributed by atoms with Gasteiger partial charge in [0.25, 0.3) is 0 Å². The Morgan fingerprint density at radius 3 is 2.05 bits per heavy atom. The predicted octanol–water partition coefficient (Wildman–Crippen LogP) is 3.45. The smallest absolute Gasteiger partial charge is 0.319 e. The normalized spacial score (nSPS) is 11.0. The first-order valence-electron chi connectivity index (χ1n) is 6.80. The molecule has 0 saturated carbocycles. The molecular formula is C15H25N3O. The second kappa shape index (κ2) is 6.45. The molecule has 4 nitrogen and oxygen atoms in total. The number of carbonyl (C=O) groups excluding carboxylic acids is 1. The molecule has 4 heteroatoms. The first-order valence-corrected chi connectivity index (χ1v) is 6.80. The number of carbonyl (C=O) groups is 1. The van der Waals surface area contributed by atoms with Gasteiger partial charge in [0.2, 0.25) is 0 Å². The van der Waals surface area contributed by atoms with Gasteiger partial charge in [-0.1, -0.05) is 0 Å². The van der Waals surface area contributed by atoms with Gasteiger partial charge in [-0.2, -0.15) is 0 Å². The Labute approximate surface area is 116 Å². The summed E-state index contributed by atoms with van der Waals surface area (Å²) in [5.41, 5.74) is 1.75. The maximum absolute atomic E-state index is 11.7. The van der Waals surface area contributed by atoms with Gasteiger partial charge < -0.3 is 15.5 Å². The van der Waals surface area contributed by atoms with Crippen LogP contribution in [0.3, 0.4) is 0 Å². The molecule has 0 atom stereocenters. The second-order valence-electron chi connectivity index (χ2n) is 5.55. The number of benzene rings is 1. The maximum Gasteiger partial charge on any atom is 0.319 e. The average molecular weight is 263 g/mol. The molecule has 0 aromatic heterocycles. The average Bonchev–Trinajstić information content (AvgIpc) is 2.30. The number of urea groups is 1. The SMILES string of the molecule is CCN(CC)c1ccc(NC(=O)NC(C)(C)C)cc1. The Hall–Kier alpha value is -1.71. The molecule has 2 N–H and O–H groups in total. The van der Waals surface area contributed by atoms with Crippen LogP contribution in [0.5, 0.6) is 0 Å². The lowest BCUT2D eigenvalue weighted by atomic mass is 10.1. The summed E-state index contributed by atoms with van der Waals surface area (Å²) in [7, 11) is 0. The highest BCUT2D eigenvalue weighted by atomic mass is 16.2. The monoisotopic (exact) mass is 263 g/mol. The van der Waals surface area contributed by atoms with E-state index in [1.807, 2.05) is 45.0 Å². The molecule has 106 valence electrons. The lowest BCUT2D eigenvalue weighted by molar-refractivity contribution is 0.244. The largest absolute Gasteiger partial charge is 0.372 e. The van der Waals surface area contributed by atoms with Crippen LogP contribution in [0.2, 0.25) is 0 Å². The Kier molecular flexibility index (Phi) is 5.21. The molecule has 0 heterocycles. The van der Waals surface area contributed by atoms with Gasteiger partial charge in [-0.3, -0.25) is 0 Å². The second-order valence-corrected chi connectivity index (χ2v) is 5.55. The first-order chi connectivity index (χ1) is 8.85. The van der Waals surface area contributed by atoms with Crippen molar-refractivity contribution < 1.29 is 4.79 Å². The lowest BCUT2D eigenvalue weighted by Gasteiger charge is -2.22. The maximum atomic E-state index is 11.7. The quantitative estimate of drug-likeness (QED) is 0.874. The fourth-order valence-corrected chi connectivity index (χ4v) is 1.85. The van der Waals surface area contributed by atoms with E-state index in [0.717, 1.165) is 18.8 Å². The number of hydrogen-bond acceptors (Lipinski definition) is 2. The molecule has 0 bridgehead atoms. The van der Waals surface area contributed by atoms with Crippen molar-refractivity contribution >= 4 is 17.4 Å². The number of hydrogen-bond donors (Lipinski definition) is 2. The highest BCUT2D eigenvalue weighted by Gasteiger charge is 2.13. The summed E-state index contributed by atoms with van der Waals surface area (Å²) in [4.78, 5) is 14.0. The van der Waals surface area contributed by atoms with E-state index in [1.54, 1.807) is 0 Å². The number of nitrogens with zero attached hydrogens (tertiary/aromatic N) is 1. The molecule has 19 heavy (non-hydrogen) atoms. The van der Waals surface area contributed by atoms with Gasteiger partial charge in [0, 0.05) is 30.0 Å². The van der Waals surface area contributed by atoms with E-state index in [0.29, 0.717) is 0 Å². The minimum Gasteiger partial charge on any atom is -0.372 e. The standard InChI is InChI=1S/C15H25N3O/c1-6-18(7-2)13-10-8-12(9-11-13)16-14(19)17-15(3,4)5/h8-11H,6-7H2,1-5H3,(H2,16,17,19). The Morgan fingerprint density at radius 2 is 1.63 bits per heavy atom. The summed E-state index contributed by atoms with van der Waals surface area (Å²) in [6, 6.07) is 7.73. The van der Waals surface area contributed by atoms with E-state index < -0.39 is 0 Å². The highest BCUT2D eigenvalue weighted by molar-refractivity contribution is 5.89. The number of amides is 2. The van der Waals surface area contributed by atoms with Crippen LogP contribution in [0, 0.1) is 0 Å². The van der Waals surface area contributed by atoms with Crippen molar-refractivity contribution in [2.24, 2.45) is 0 Å². The van der Waals surface area contributed by atoms with Crippen LogP contribution >= 0.6 is 0 Å². The molecular weight excluding hydrogens is 238 g/mol. The van der Waals surface area contributed by atoms with Crippen LogP contribution in [0.1, 0.15) is 34.6 Å². The summed E-state index contributed by atoms with van der Waals surface area (Å²) in [6.07, 6.45) is 0. The number of nitrogens with one attached hydrogen (secondary N) is 2. The summed E-state index contributed by atoms with van der Waals surface area (Å²) in [5.74, 6) is 0. The van der Waals surface area contributed by atoms with Gasteiger partial charge >= 0.3 is 6.03 Å². The van der Waals surface area contributed by atoms with Crippen LogP contribution in [0.25, 0.3) is 0 Å². The van der Waals surface area contributed by atoms with E-state index in [1.165, 1.54) is 5.69 Å². The molecule has 0 aliphatic rings. The molecule has 0 aliphatic carbocycles. The first kappa shape index (κ1) is 15.3. The molecule has 0 radical (unpaired) electrons. The fraction of sp³-hybridized carbons (Fsp3) is 0.533. The van der Waals surface area contributed by atoms with E-state index in [-0.39, 0.29) is 11.6 Å². The lowest BCUT2D eigenvalue weighted by Crippen LogP contribution is -2.43. The zero-order valence-corrected chi connectivity index (χ0v) is 12.6. The van der Waals surface area contributed by atoms with Gasteiger partial charge in [-0.05, 0) is 58.9 Å². The molecule has 1 aromatic carbocycles. The van der Waals surface area contributed by atoms with E-state index in [4.69, 9.17) is 0 Å². The van der Waals surface area contributed by atoms with Gasteiger partial charge in [0.15, 0.2) is 0 Å². The molecule has 0 spiro atoms.